The zero-order chi connectivity index (χ0) is 20.8. The quantitative estimate of drug-likeness (QED) is 0.694. The molecule has 0 radical (unpaired) electrons. The maximum atomic E-state index is 12.7. The highest BCUT2D eigenvalue weighted by molar-refractivity contribution is 5.93. The Morgan fingerprint density at radius 1 is 1.28 bits per heavy atom. The highest BCUT2D eigenvalue weighted by atomic mass is 16.5. The molecule has 8 heteroatoms. The Hall–Kier alpha value is -3.99. The number of nitriles is 1. The molecule has 0 aliphatic rings. The van der Waals surface area contributed by atoms with Gasteiger partial charge in [-0.15, -0.1) is 0 Å². The van der Waals surface area contributed by atoms with Gasteiger partial charge in [-0.25, -0.2) is 9.48 Å². The van der Waals surface area contributed by atoms with Crippen molar-refractivity contribution in [3.05, 3.63) is 70.8 Å². The van der Waals surface area contributed by atoms with E-state index in [1.54, 1.807) is 62.6 Å². The summed E-state index contributed by atoms with van der Waals surface area (Å²) in [5.74, 6) is 0.287. The molecule has 0 aliphatic heterocycles. The molecule has 0 bridgehead atoms. The van der Waals surface area contributed by atoms with Gasteiger partial charge in [-0.2, -0.15) is 15.3 Å². The molecule has 3 aromatic rings. The molecule has 1 heterocycles. The van der Waals surface area contributed by atoms with Crippen LogP contribution in [0.15, 0.2) is 59.5 Å². The number of nitrogens with one attached hydrogen (secondary N) is 1. The second-order valence-electron chi connectivity index (χ2n) is 6.20. The van der Waals surface area contributed by atoms with Gasteiger partial charge in [0.2, 0.25) is 5.91 Å². The summed E-state index contributed by atoms with van der Waals surface area (Å²) in [4.78, 5) is 29.3. The Labute approximate surface area is 167 Å². The lowest BCUT2D eigenvalue weighted by molar-refractivity contribution is -0.119. The number of hydrogen-bond acceptors (Lipinski definition) is 6. The Bertz CT molecular complexity index is 1120. The monoisotopic (exact) mass is 389 g/mol. The minimum absolute atomic E-state index is 0.347. The van der Waals surface area contributed by atoms with E-state index in [2.05, 4.69) is 15.4 Å². The van der Waals surface area contributed by atoms with E-state index in [1.807, 2.05) is 6.07 Å². The summed E-state index contributed by atoms with van der Waals surface area (Å²) in [6, 6.07) is 14.8. The maximum absolute atomic E-state index is 12.7. The van der Waals surface area contributed by atoms with E-state index in [9.17, 15) is 9.59 Å². The van der Waals surface area contributed by atoms with Crippen LogP contribution in [0.3, 0.4) is 0 Å². The Morgan fingerprint density at radius 2 is 2.03 bits per heavy atom. The van der Waals surface area contributed by atoms with E-state index in [1.165, 1.54) is 6.20 Å². The molecule has 1 amide bonds. The summed E-state index contributed by atoms with van der Waals surface area (Å²) in [5, 5.41) is 15.9. The van der Waals surface area contributed by atoms with Gasteiger partial charge in [0.25, 0.3) is 0 Å². The van der Waals surface area contributed by atoms with Gasteiger partial charge in [-0.05, 0) is 48.9 Å². The van der Waals surface area contributed by atoms with Crippen molar-refractivity contribution in [2.45, 2.75) is 19.4 Å². The van der Waals surface area contributed by atoms with Gasteiger partial charge in [-0.1, -0.05) is 13.0 Å². The summed E-state index contributed by atoms with van der Waals surface area (Å²) in [7, 11) is 1.57. The molecule has 2 aromatic carbocycles. The number of amides is 1. The van der Waals surface area contributed by atoms with E-state index in [-0.39, 0.29) is 0 Å². The zero-order valence-electron chi connectivity index (χ0n) is 16.0. The highest BCUT2D eigenvalue weighted by Crippen LogP contribution is 2.20. The van der Waals surface area contributed by atoms with Crippen molar-refractivity contribution < 1.29 is 9.53 Å². The van der Waals surface area contributed by atoms with Crippen molar-refractivity contribution in [2.75, 3.05) is 12.4 Å². The number of carbonyl (C=O) groups is 1. The highest BCUT2D eigenvalue weighted by Gasteiger charge is 2.22. The molecule has 0 saturated carbocycles. The van der Waals surface area contributed by atoms with Crippen LogP contribution in [-0.4, -0.2) is 27.8 Å². The minimum atomic E-state index is -0.828. The van der Waals surface area contributed by atoms with Crippen molar-refractivity contribution in [1.82, 2.24) is 14.8 Å². The SMILES string of the molecule is CC[C@H](C(=O)Nc1cccc(C#N)c1)n1ncc(-c2ccc(OC)cc2)nc1=O. The molecule has 146 valence electrons. The van der Waals surface area contributed by atoms with Crippen molar-refractivity contribution in [2.24, 2.45) is 0 Å². The van der Waals surface area contributed by atoms with Gasteiger partial charge in [0.05, 0.1) is 30.6 Å². The zero-order valence-corrected chi connectivity index (χ0v) is 16.0. The first kappa shape index (κ1) is 19.8. The second kappa shape index (κ2) is 8.80. The van der Waals surface area contributed by atoms with Gasteiger partial charge < -0.3 is 10.1 Å². The molecule has 8 nitrogen and oxygen atoms in total. The van der Waals surface area contributed by atoms with Crippen LogP contribution < -0.4 is 15.7 Å². The third-order valence-electron chi connectivity index (χ3n) is 4.35. The van der Waals surface area contributed by atoms with Crippen LogP contribution in [0.25, 0.3) is 11.3 Å². The molecule has 0 fully saturated rings. The van der Waals surface area contributed by atoms with Crippen molar-refractivity contribution in [3.8, 4) is 23.1 Å². The van der Waals surface area contributed by atoms with E-state index in [0.717, 1.165) is 4.68 Å². The molecule has 1 N–H and O–H groups in total. The van der Waals surface area contributed by atoms with Crippen molar-refractivity contribution in [3.63, 3.8) is 0 Å². The predicted octanol–water partition coefficient (Wildman–Crippen LogP) is 2.78. The summed E-state index contributed by atoms with van der Waals surface area (Å²) in [6.07, 6.45) is 1.80. The number of benzene rings is 2. The second-order valence-corrected chi connectivity index (χ2v) is 6.20. The van der Waals surface area contributed by atoms with Gasteiger partial charge in [0, 0.05) is 11.3 Å². The number of carbonyl (C=O) groups excluding carboxylic acids is 1. The van der Waals surface area contributed by atoms with Crippen molar-refractivity contribution in [1.29, 1.82) is 5.26 Å². The Kier molecular flexibility index (Phi) is 6.00. The van der Waals surface area contributed by atoms with E-state index in [4.69, 9.17) is 10.00 Å². The largest absolute Gasteiger partial charge is 0.497 e. The predicted molar refractivity (Wildman–Crippen MR) is 107 cm³/mol. The number of nitrogens with zero attached hydrogens (tertiary/aromatic N) is 4. The van der Waals surface area contributed by atoms with Crippen LogP contribution >= 0.6 is 0 Å². The molecular formula is C21H19N5O3. The van der Waals surface area contributed by atoms with Gasteiger partial charge in [-0.3, -0.25) is 4.79 Å². The molecule has 0 unspecified atom stereocenters. The fraction of sp³-hybridized carbons (Fsp3) is 0.190. The summed E-state index contributed by atoms with van der Waals surface area (Å²) in [5.41, 5.74) is 1.41. The van der Waals surface area contributed by atoms with Crippen LogP contribution in [-0.2, 0) is 4.79 Å². The summed E-state index contributed by atoms with van der Waals surface area (Å²) < 4.78 is 6.19. The molecule has 3 rings (SSSR count). The van der Waals surface area contributed by atoms with E-state index < -0.39 is 17.6 Å². The number of rotatable bonds is 6. The Morgan fingerprint density at radius 3 is 2.66 bits per heavy atom. The molecule has 1 atom stereocenters. The van der Waals surface area contributed by atoms with Crippen molar-refractivity contribution >= 4 is 11.6 Å². The molecule has 0 spiro atoms. The molecule has 1 aromatic heterocycles. The number of hydrogen-bond donors (Lipinski definition) is 1. The molecule has 29 heavy (non-hydrogen) atoms. The number of aromatic nitrogens is 3. The summed E-state index contributed by atoms with van der Waals surface area (Å²) >= 11 is 0. The van der Waals surface area contributed by atoms with E-state index in [0.29, 0.717) is 34.7 Å². The topological polar surface area (TPSA) is 110 Å². The Balaban J connectivity index is 1.84. The lowest BCUT2D eigenvalue weighted by atomic mass is 10.1. The molecule has 0 saturated heterocycles. The molecule has 0 aliphatic carbocycles. The van der Waals surface area contributed by atoms with Crippen LogP contribution in [0.2, 0.25) is 0 Å². The first-order chi connectivity index (χ1) is 14.0. The lowest BCUT2D eigenvalue weighted by Crippen LogP contribution is -2.36. The van der Waals surface area contributed by atoms with Gasteiger partial charge in [0.1, 0.15) is 11.8 Å². The van der Waals surface area contributed by atoms with Crippen LogP contribution in [0.4, 0.5) is 5.69 Å². The third-order valence-corrected chi connectivity index (χ3v) is 4.35. The first-order valence-electron chi connectivity index (χ1n) is 8.97. The van der Waals surface area contributed by atoms with E-state index >= 15 is 0 Å². The normalized spacial score (nSPS) is 11.3. The van der Waals surface area contributed by atoms with Crippen LogP contribution in [0.1, 0.15) is 24.9 Å². The standard InChI is InChI=1S/C21H19N5O3/c1-3-19(20(27)24-16-6-4-5-14(11-16)12-22)26-21(28)25-18(13-23-26)15-7-9-17(29-2)10-8-15/h4-11,13,19H,3H2,1-2H3,(H,24,27)/t19-/m1/s1. The lowest BCUT2D eigenvalue weighted by Gasteiger charge is -2.16. The first-order valence-corrected chi connectivity index (χ1v) is 8.97. The number of anilines is 1. The third kappa shape index (κ3) is 4.47. The van der Waals surface area contributed by atoms with Crippen LogP contribution in [0, 0.1) is 11.3 Å². The fourth-order valence-corrected chi connectivity index (χ4v) is 2.83. The average Bonchev–Trinajstić information content (AvgIpc) is 2.75. The minimum Gasteiger partial charge on any atom is -0.497 e. The maximum Gasteiger partial charge on any atom is 0.365 e. The van der Waals surface area contributed by atoms with Gasteiger partial charge in [0.15, 0.2) is 0 Å². The fourth-order valence-electron chi connectivity index (χ4n) is 2.83. The van der Waals surface area contributed by atoms with Gasteiger partial charge >= 0.3 is 5.69 Å². The number of methoxy groups -OCH3 is 1. The summed E-state index contributed by atoms with van der Waals surface area (Å²) in [6.45, 7) is 1.78. The molecular weight excluding hydrogens is 370 g/mol. The number of ether oxygens (including phenoxy) is 1. The smallest absolute Gasteiger partial charge is 0.365 e. The average molecular weight is 389 g/mol. The van der Waals surface area contributed by atoms with Crippen LogP contribution in [0.5, 0.6) is 5.75 Å².